The van der Waals surface area contributed by atoms with Crippen LogP contribution in [0.5, 0.6) is 0 Å². The summed E-state index contributed by atoms with van der Waals surface area (Å²) in [7, 11) is 0. The summed E-state index contributed by atoms with van der Waals surface area (Å²) >= 11 is 0. The Kier molecular flexibility index (Phi) is 1.72. The van der Waals surface area contributed by atoms with Gasteiger partial charge in [-0.05, 0) is 6.92 Å². The monoisotopic (exact) mass is 135 g/mol. The lowest BCUT2D eigenvalue weighted by atomic mass is 10.5. The summed E-state index contributed by atoms with van der Waals surface area (Å²) < 4.78 is 0. The largest absolute Gasteiger partial charge is 0.359 e. The number of aromatic nitrogens is 2. The quantitative estimate of drug-likeness (QED) is 0.585. The number of hydrogen-bond donors (Lipinski definition) is 1. The molecule has 1 aromatic heterocycles. The van der Waals surface area contributed by atoms with Crippen molar-refractivity contribution in [3.63, 3.8) is 0 Å². The van der Waals surface area contributed by atoms with Crippen LogP contribution in [0.25, 0.3) is 4.85 Å². The van der Waals surface area contributed by atoms with Gasteiger partial charge in [-0.1, -0.05) is 13.5 Å². The van der Waals surface area contributed by atoms with E-state index < -0.39 is 0 Å². The fourth-order valence-corrected chi connectivity index (χ4v) is 0.788. The number of aryl methyl sites for hydroxylation is 2. The molecule has 0 atom stereocenters. The van der Waals surface area contributed by atoms with Gasteiger partial charge in [0.1, 0.15) is 0 Å². The van der Waals surface area contributed by atoms with E-state index in [4.69, 9.17) is 6.57 Å². The molecular formula is C7H9N3. The lowest BCUT2D eigenvalue weighted by Crippen LogP contribution is -1.80. The van der Waals surface area contributed by atoms with Gasteiger partial charge in [-0.15, -0.1) is 4.98 Å². The molecule has 10 heavy (non-hydrogen) atoms. The molecule has 0 aliphatic rings. The van der Waals surface area contributed by atoms with Crippen molar-refractivity contribution >= 4 is 5.82 Å². The third-order valence-electron chi connectivity index (χ3n) is 1.35. The van der Waals surface area contributed by atoms with Gasteiger partial charge in [-0.25, -0.2) is 0 Å². The van der Waals surface area contributed by atoms with Gasteiger partial charge in [-0.2, -0.15) is 0 Å². The van der Waals surface area contributed by atoms with E-state index in [0.717, 1.165) is 17.9 Å². The molecule has 0 amide bonds. The van der Waals surface area contributed by atoms with Gasteiger partial charge in [0.15, 0.2) is 5.82 Å². The van der Waals surface area contributed by atoms with Gasteiger partial charge in [-0.3, -0.25) is 0 Å². The Labute approximate surface area is 59.9 Å². The summed E-state index contributed by atoms with van der Waals surface area (Å²) in [6, 6.07) is 0. The summed E-state index contributed by atoms with van der Waals surface area (Å²) in [4.78, 5) is 10.3. The summed E-state index contributed by atoms with van der Waals surface area (Å²) in [6.07, 6.45) is 0.858. The zero-order valence-electron chi connectivity index (χ0n) is 6.10. The molecule has 3 nitrogen and oxygen atoms in total. The molecule has 0 fully saturated rings. The van der Waals surface area contributed by atoms with Crippen LogP contribution in [-0.4, -0.2) is 9.97 Å². The van der Waals surface area contributed by atoms with E-state index in [9.17, 15) is 0 Å². The average molecular weight is 135 g/mol. The first-order chi connectivity index (χ1) is 4.77. The van der Waals surface area contributed by atoms with E-state index >= 15 is 0 Å². The Morgan fingerprint density at radius 3 is 2.70 bits per heavy atom. The minimum atomic E-state index is 0.497. The van der Waals surface area contributed by atoms with Crippen molar-refractivity contribution in [2.45, 2.75) is 20.3 Å². The van der Waals surface area contributed by atoms with Gasteiger partial charge in [0, 0.05) is 12.1 Å². The van der Waals surface area contributed by atoms with E-state index in [1.165, 1.54) is 0 Å². The van der Waals surface area contributed by atoms with Crippen LogP contribution < -0.4 is 0 Å². The van der Waals surface area contributed by atoms with E-state index in [-0.39, 0.29) is 0 Å². The van der Waals surface area contributed by atoms with E-state index in [2.05, 4.69) is 14.8 Å². The fourth-order valence-electron chi connectivity index (χ4n) is 0.788. The Bertz CT molecular complexity index is 267. The molecule has 0 radical (unpaired) electrons. The van der Waals surface area contributed by atoms with E-state index in [1.807, 2.05) is 13.8 Å². The molecule has 0 bridgehead atoms. The van der Waals surface area contributed by atoms with Crippen molar-refractivity contribution in [2.24, 2.45) is 0 Å². The zero-order valence-corrected chi connectivity index (χ0v) is 6.10. The van der Waals surface area contributed by atoms with Crippen molar-refractivity contribution in [3.05, 3.63) is 22.9 Å². The molecule has 52 valence electrons. The predicted molar refractivity (Wildman–Crippen MR) is 39.0 cm³/mol. The van der Waals surface area contributed by atoms with E-state index in [0.29, 0.717) is 5.82 Å². The molecule has 1 heterocycles. The highest BCUT2D eigenvalue weighted by molar-refractivity contribution is 5.41. The van der Waals surface area contributed by atoms with Gasteiger partial charge in [0.05, 0.1) is 0 Å². The second kappa shape index (κ2) is 2.53. The maximum Gasteiger partial charge on any atom is 0.290 e. The Balaban J connectivity index is 3.07. The van der Waals surface area contributed by atoms with Crippen molar-refractivity contribution in [1.29, 1.82) is 0 Å². The summed E-state index contributed by atoms with van der Waals surface area (Å²) in [5, 5.41) is 0. The van der Waals surface area contributed by atoms with Gasteiger partial charge in [0.2, 0.25) is 0 Å². The first-order valence-electron chi connectivity index (χ1n) is 3.21. The van der Waals surface area contributed by atoms with E-state index in [1.54, 1.807) is 0 Å². The second-order valence-electron chi connectivity index (χ2n) is 2.10. The molecule has 0 saturated carbocycles. The SMILES string of the molecule is [C-]#[N+]c1nc(CC)[nH]c1C. The third kappa shape index (κ3) is 1.01. The van der Waals surface area contributed by atoms with Crippen LogP contribution in [0.1, 0.15) is 18.4 Å². The zero-order chi connectivity index (χ0) is 7.56. The highest BCUT2D eigenvalue weighted by Gasteiger charge is 2.05. The standard InChI is InChI=1S/C7H9N3/c1-4-6-9-5(2)7(8-3)10-6/h4H2,1-2H3,(H,9,10). The smallest absolute Gasteiger partial charge is 0.290 e. The normalized spacial score (nSPS) is 9.30. The second-order valence-corrected chi connectivity index (χ2v) is 2.10. The number of imidazole rings is 1. The molecular weight excluding hydrogens is 126 g/mol. The lowest BCUT2D eigenvalue weighted by molar-refractivity contribution is 0.983. The van der Waals surface area contributed by atoms with Crippen molar-refractivity contribution in [1.82, 2.24) is 9.97 Å². The average Bonchev–Trinajstić information content (AvgIpc) is 2.30. The number of hydrogen-bond acceptors (Lipinski definition) is 1. The number of rotatable bonds is 1. The molecule has 0 unspecified atom stereocenters. The predicted octanol–water partition coefficient (Wildman–Crippen LogP) is 1.83. The highest BCUT2D eigenvalue weighted by atomic mass is 15.0. The van der Waals surface area contributed by atoms with Gasteiger partial charge >= 0.3 is 0 Å². The van der Waals surface area contributed by atoms with Crippen LogP contribution in [0.4, 0.5) is 5.82 Å². The van der Waals surface area contributed by atoms with Gasteiger partial charge < -0.3 is 9.83 Å². The maximum atomic E-state index is 6.72. The van der Waals surface area contributed by atoms with Crippen LogP contribution in [0, 0.1) is 13.5 Å². The number of nitrogens with zero attached hydrogens (tertiary/aromatic N) is 2. The minimum absolute atomic E-state index is 0.497. The molecule has 0 spiro atoms. The molecule has 1 N–H and O–H groups in total. The Morgan fingerprint density at radius 1 is 1.70 bits per heavy atom. The summed E-state index contributed by atoms with van der Waals surface area (Å²) in [5.41, 5.74) is 0.867. The Hall–Kier alpha value is -1.30. The number of H-pyrrole nitrogens is 1. The molecule has 0 aliphatic heterocycles. The summed E-state index contributed by atoms with van der Waals surface area (Å²) in [5.74, 6) is 1.39. The van der Waals surface area contributed by atoms with Crippen molar-refractivity contribution in [3.8, 4) is 0 Å². The van der Waals surface area contributed by atoms with Crippen LogP contribution in [0.15, 0.2) is 0 Å². The molecule has 1 aromatic rings. The Morgan fingerprint density at radius 2 is 2.40 bits per heavy atom. The first kappa shape index (κ1) is 6.81. The van der Waals surface area contributed by atoms with Crippen molar-refractivity contribution in [2.75, 3.05) is 0 Å². The van der Waals surface area contributed by atoms with Crippen molar-refractivity contribution < 1.29 is 0 Å². The maximum absolute atomic E-state index is 6.72. The molecule has 0 saturated heterocycles. The minimum Gasteiger partial charge on any atom is -0.359 e. The fraction of sp³-hybridized carbons (Fsp3) is 0.429. The van der Waals surface area contributed by atoms with Crippen LogP contribution >= 0.6 is 0 Å². The third-order valence-corrected chi connectivity index (χ3v) is 1.35. The van der Waals surface area contributed by atoms with Crippen LogP contribution in [0.3, 0.4) is 0 Å². The highest BCUT2D eigenvalue weighted by Crippen LogP contribution is 2.13. The van der Waals surface area contributed by atoms with Gasteiger partial charge in [0.25, 0.3) is 5.82 Å². The molecule has 3 heteroatoms. The molecule has 1 rings (SSSR count). The molecule has 0 aromatic carbocycles. The van der Waals surface area contributed by atoms with Crippen LogP contribution in [0.2, 0.25) is 0 Å². The number of nitrogens with one attached hydrogen (secondary N) is 1. The summed E-state index contributed by atoms with van der Waals surface area (Å²) in [6.45, 7) is 10.6. The van der Waals surface area contributed by atoms with Crippen LogP contribution in [-0.2, 0) is 6.42 Å². The first-order valence-corrected chi connectivity index (χ1v) is 3.21. The number of aromatic amines is 1. The lowest BCUT2D eigenvalue weighted by Gasteiger charge is -1.79. The molecule has 0 aliphatic carbocycles. The topological polar surface area (TPSA) is 33.0 Å².